The first-order chi connectivity index (χ1) is 9.69. The number of nitriles is 1. The minimum Gasteiger partial charge on any atom is -0.312 e. The van der Waals surface area contributed by atoms with Crippen molar-refractivity contribution in [1.82, 2.24) is 5.32 Å². The van der Waals surface area contributed by atoms with E-state index in [-0.39, 0.29) is 5.56 Å². The zero-order valence-corrected chi connectivity index (χ0v) is 11.5. The molecule has 0 aliphatic rings. The summed E-state index contributed by atoms with van der Waals surface area (Å²) >= 11 is 0. The van der Waals surface area contributed by atoms with Crippen molar-refractivity contribution in [3.05, 3.63) is 70.5 Å². The van der Waals surface area contributed by atoms with Crippen molar-refractivity contribution in [3.8, 4) is 6.07 Å². The summed E-state index contributed by atoms with van der Waals surface area (Å²) in [5.74, 6) is -0.462. The van der Waals surface area contributed by atoms with Crippen LogP contribution in [0.3, 0.4) is 0 Å². The highest BCUT2D eigenvalue weighted by Gasteiger charge is 2.02. The minimum atomic E-state index is -0.462. The molecule has 0 radical (unpaired) electrons. The SMILES string of the molecule is Cc1cccc(CCNCc2ccc(F)c(C#N)c2)c1. The van der Waals surface area contributed by atoms with Gasteiger partial charge in [-0.1, -0.05) is 35.9 Å². The lowest BCUT2D eigenvalue weighted by molar-refractivity contribution is 0.621. The van der Waals surface area contributed by atoms with Crippen LogP contribution in [0.25, 0.3) is 0 Å². The molecule has 102 valence electrons. The second-order valence-electron chi connectivity index (χ2n) is 4.84. The lowest BCUT2D eigenvalue weighted by Crippen LogP contribution is -2.16. The Morgan fingerprint density at radius 1 is 1.15 bits per heavy atom. The van der Waals surface area contributed by atoms with Crippen LogP contribution in [0.1, 0.15) is 22.3 Å². The minimum absolute atomic E-state index is 0.1000. The highest BCUT2D eigenvalue weighted by atomic mass is 19.1. The van der Waals surface area contributed by atoms with E-state index in [1.807, 2.05) is 6.07 Å². The lowest BCUT2D eigenvalue weighted by Gasteiger charge is -2.06. The summed E-state index contributed by atoms with van der Waals surface area (Å²) in [5.41, 5.74) is 3.59. The van der Waals surface area contributed by atoms with Gasteiger partial charge in [-0.2, -0.15) is 5.26 Å². The summed E-state index contributed by atoms with van der Waals surface area (Å²) in [5, 5.41) is 12.1. The molecule has 2 aromatic rings. The maximum absolute atomic E-state index is 13.2. The third-order valence-corrected chi connectivity index (χ3v) is 3.15. The molecule has 0 aromatic heterocycles. The molecule has 0 bridgehead atoms. The number of hydrogen-bond donors (Lipinski definition) is 1. The maximum atomic E-state index is 13.2. The third-order valence-electron chi connectivity index (χ3n) is 3.15. The predicted octanol–water partition coefficient (Wildman–Crippen LogP) is 3.34. The van der Waals surface area contributed by atoms with Gasteiger partial charge in [-0.15, -0.1) is 0 Å². The van der Waals surface area contributed by atoms with E-state index in [2.05, 4.69) is 36.5 Å². The highest BCUT2D eigenvalue weighted by Crippen LogP contribution is 2.09. The van der Waals surface area contributed by atoms with Gasteiger partial charge in [0.1, 0.15) is 11.9 Å². The third kappa shape index (κ3) is 3.91. The van der Waals surface area contributed by atoms with Crippen LogP contribution in [0.4, 0.5) is 4.39 Å². The van der Waals surface area contributed by atoms with Crippen LogP contribution in [0.5, 0.6) is 0 Å². The van der Waals surface area contributed by atoms with Gasteiger partial charge in [-0.3, -0.25) is 0 Å². The lowest BCUT2D eigenvalue weighted by atomic mass is 10.1. The number of nitrogens with zero attached hydrogens (tertiary/aromatic N) is 1. The fourth-order valence-electron chi connectivity index (χ4n) is 2.10. The first-order valence-electron chi connectivity index (χ1n) is 6.64. The number of aryl methyl sites for hydroxylation is 1. The number of nitrogens with one attached hydrogen (secondary N) is 1. The first-order valence-corrected chi connectivity index (χ1v) is 6.64. The normalized spacial score (nSPS) is 10.2. The number of benzene rings is 2. The van der Waals surface area contributed by atoms with Gasteiger partial charge in [0.15, 0.2) is 0 Å². The Balaban J connectivity index is 1.83. The summed E-state index contributed by atoms with van der Waals surface area (Å²) in [6.07, 6.45) is 0.952. The second kappa shape index (κ2) is 6.83. The number of hydrogen-bond acceptors (Lipinski definition) is 2. The van der Waals surface area contributed by atoms with Crippen molar-refractivity contribution >= 4 is 0 Å². The topological polar surface area (TPSA) is 35.8 Å². The van der Waals surface area contributed by atoms with Crippen LogP contribution >= 0.6 is 0 Å². The van der Waals surface area contributed by atoms with E-state index in [1.54, 1.807) is 12.1 Å². The van der Waals surface area contributed by atoms with E-state index >= 15 is 0 Å². The molecule has 0 atom stereocenters. The van der Waals surface area contributed by atoms with Crippen molar-refractivity contribution in [3.63, 3.8) is 0 Å². The Labute approximate surface area is 118 Å². The molecule has 0 amide bonds. The van der Waals surface area contributed by atoms with Gasteiger partial charge in [0.25, 0.3) is 0 Å². The van der Waals surface area contributed by atoms with Crippen LogP contribution in [-0.4, -0.2) is 6.54 Å². The molecular weight excluding hydrogens is 251 g/mol. The van der Waals surface area contributed by atoms with Crippen LogP contribution in [0.15, 0.2) is 42.5 Å². The fourth-order valence-corrected chi connectivity index (χ4v) is 2.10. The van der Waals surface area contributed by atoms with Gasteiger partial charge >= 0.3 is 0 Å². The van der Waals surface area contributed by atoms with Gasteiger partial charge in [-0.25, -0.2) is 4.39 Å². The summed E-state index contributed by atoms with van der Waals surface area (Å²) in [6.45, 7) is 3.57. The van der Waals surface area contributed by atoms with E-state index in [4.69, 9.17) is 5.26 Å². The fraction of sp³-hybridized carbons (Fsp3) is 0.235. The van der Waals surface area contributed by atoms with Crippen molar-refractivity contribution in [1.29, 1.82) is 5.26 Å². The zero-order valence-electron chi connectivity index (χ0n) is 11.5. The maximum Gasteiger partial charge on any atom is 0.140 e. The van der Waals surface area contributed by atoms with Crippen LogP contribution in [0.2, 0.25) is 0 Å². The van der Waals surface area contributed by atoms with E-state index in [9.17, 15) is 4.39 Å². The summed E-state index contributed by atoms with van der Waals surface area (Å²) in [7, 11) is 0. The molecule has 0 unspecified atom stereocenters. The van der Waals surface area contributed by atoms with Crippen LogP contribution in [-0.2, 0) is 13.0 Å². The van der Waals surface area contributed by atoms with E-state index in [1.165, 1.54) is 17.2 Å². The van der Waals surface area contributed by atoms with E-state index < -0.39 is 5.82 Å². The molecule has 0 heterocycles. The molecule has 1 N–H and O–H groups in total. The average molecular weight is 268 g/mol. The summed E-state index contributed by atoms with van der Waals surface area (Å²) < 4.78 is 13.2. The van der Waals surface area contributed by atoms with Gasteiger partial charge in [0.2, 0.25) is 0 Å². The van der Waals surface area contributed by atoms with Gasteiger partial charge < -0.3 is 5.32 Å². The monoisotopic (exact) mass is 268 g/mol. The molecule has 2 aromatic carbocycles. The molecule has 0 saturated carbocycles. The molecule has 0 saturated heterocycles. The van der Waals surface area contributed by atoms with Crippen LogP contribution in [0, 0.1) is 24.1 Å². The van der Waals surface area contributed by atoms with Gasteiger partial charge in [-0.05, 0) is 43.1 Å². The Kier molecular flexibility index (Phi) is 4.86. The van der Waals surface area contributed by atoms with Gasteiger partial charge in [0, 0.05) is 6.54 Å². The first kappa shape index (κ1) is 14.2. The second-order valence-corrected chi connectivity index (χ2v) is 4.84. The van der Waals surface area contributed by atoms with Crippen molar-refractivity contribution in [2.24, 2.45) is 0 Å². The standard InChI is InChI=1S/C17H17FN2/c1-13-3-2-4-14(9-13)7-8-20-12-15-5-6-17(18)16(10-15)11-19/h2-6,9-10,20H,7-8,12H2,1H3. The smallest absolute Gasteiger partial charge is 0.140 e. The Hall–Kier alpha value is -2.18. The predicted molar refractivity (Wildman–Crippen MR) is 77.7 cm³/mol. The van der Waals surface area contributed by atoms with Crippen molar-refractivity contribution in [2.75, 3.05) is 6.54 Å². The Morgan fingerprint density at radius 2 is 2.00 bits per heavy atom. The molecule has 0 aliphatic heterocycles. The largest absolute Gasteiger partial charge is 0.312 e. The average Bonchev–Trinajstić information content (AvgIpc) is 2.45. The molecule has 0 spiro atoms. The Morgan fingerprint density at radius 3 is 2.75 bits per heavy atom. The zero-order chi connectivity index (χ0) is 14.4. The number of halogens is 1. The molecule has 2 rings (SSSR count). The van der Waals surface area contributed by atoms with Gasteiger partial charge in [0.05, 0.1) is 5.56 Å². The van der Waals surface area contributed by atoms with Crippen molar-refractivity contribution < 1.29 is 4.39 Å². The van der Waals surface area contributed by atoms with Crippen molar-refractivity contribution in [2.45, 2.75) is 19.9 Å². The molecule has 20 heavy (non-hydrogen) atoms. The molecule has 0 aliphatic carbocycles. The molecule has 0 fully saturated rings. The number of rotatable bonds is 5. The Bertz CT molecular complexity index is 629. The summed E-state index contributed by atoms with van der Waals surface area (Å²) in [6, 6.07) is 14.9. The summed E-state index contributed by atoms with van der Waals surface area (Å²) in [4.78, 5) is 0. The molecule has 2 nitrogen and oxygen atoms in total. The van der Waals surface area contributed by atoms with E-state index in [0.29, 0.717) is 6.54 Å². The molecular formula is C17H17FN2. The van der Waals surface area contributed by atoms with Crippen LogP contribution < -0.4 is 5.32 Å². The van der Waals surface area contributed by atoms with E-state index in [0.717, 1.165) is 18.5 Å². The quantitative estimate of drug-likeness (QED) is 0.844. The molecule has 3 heteroatoms. The highest BCUT2D eigenvalue weighted by molar-refractivity contribution is 5.34.